The Labute approximate surface area is 111 Å². The van der Waals surface area contributed by atoms with Crippen molar-refractivity contribution in [3.05, 3.63) is 60.2 Å². The maximum atomic E-state index is 12.1. The third kappa shape index (κ3) is 2.78. The van der Waals surface area contributed by atoms with Gasteiger partial charge < -0.3 is 5.32 Å². The molecule has 1 unspecified atom stereocenters. The lowest BCUT2D eigenvalue weighted by atomic mass is 10.0. The van der Waals surface area contributed by atoms with Gasteiger partial charge >= 0.3 is 0 Å². The highest BCUT2D eigenvalue weighted by Gasteiger charge is 2.33. The number of hydrogen-bond acceptors (Lipinski definition) is 3. The molecule has 0 aliphatic heterocycles. The van der Waals surface area contributed by atoms with E-state index in [1.165, 1.54) is 25.2 Å². The molecule has 0 bridgehead atoms. The Balaban J connectivity index is 1.78. The number of benzene rings is 1. The van der Waals surface area contributed by atoms with Crippen molar-refractivity contribution in [1.82, 2.24) is 15.3 Å². The molecule has 4 nitrogen and oxygen atoms in total. The molecule has 0 saturated heterocycles. The Hall–Kier alpha value is -2.23. The first-order valence-electron chi connectivity index (χ1n) is 6.46. The maximum Gasteiger partial charge on any atom is 0.271 e. The van der Waals surface area contributed by atoms with Crippen LogP contribution in [0, 0.1) is 5.92 Å². The summed E-state index contributed by atoms with van der Waals surface area (Å²) in [5, 5.41) is 3.07. The number of nitrogens with zero attached hydrogens (tertiary/aromatic N) is 2. The van der Waals surface area contributed by atoms with E-state index in [-0.39, 0.29) is 11.9 Å². The Morgan fingerprint density at radius 1 is 1.21 bits per heavy atom. The smallest absolute Gasteiger partial charge is 0.271 e. The Bertz CT molecular complexity index is 552. The van der Waals surface area contributed by atoms with Crippen LogP contribution in [0.4, 0.5) is 0 Å². The van der Waals surface area contributed by atoms with Crippen LogP contribution in [-0.4, -0.2) is 15.9 Å². The Kier molecular flexibility index (Phi) is 3.23. The molecule has 96 valence electrons. The molecule has 1 saturated carbocycles. The molecule has 1 heterocycles. The van der Waals surface area contributed by atoms with Crippen molar-refractivity contribution in [3.63, 3.8) is 0 Å². The molecule has 1 N–H and O–H groups in total. The van der Waals surface area contributed by atoms with Crippen LogP contribution in [0.25, 0.3) is 0 Å². The van der Waals surface area contributed by atoms with E-state index in [0.29, 0.717) is 11.6 Å². The van der Waals surface area contributed by atoms with Crippen molar-refractivity contribution < 1.29 is 4.79 Å². The summed E-state index contributed by atoms with van der Waals surface area (Å²) < 4.78 is 0. The predicted octanol–water partition coefficient (Wildman–Crippen LogP) is 2.36. The molecule has 1 atom stereocenters. The minimum Gasteiger partial charge on any atom is -0.344 e. The second-order valence-corrected chi connectivity index (χ2v) is 4.79. The normalized spacial score (nSPS) is 15.8. The van der Waals surface area contributed by atoms with E-state index in [0.717, 1.165) is 5.56 Å². The summed E-state index contributed by atoms with van der Waals surface area (Å²) in [6.07, 6.45) is 6.92. The minimum atomic E-state index is -0.158. The first kappa shape index (κ1) is 11.8. The highest BCUT2D eigenvalue weighted by molar-refractivity contribution is 5.92. The van der Waals surface area contributed by atoms with Gasteiger partial charge in [0.25, 0.3) is 5.91 Å². The minimum absolute atomic E-state index is 0.0794. The molecule has 1 aliphatic rings. The second kappa shape index (κ2) is 5.18. The average Bonchev–Trinajstić information content (AvgIpc) is 3.31. The standard InChI is InChI=1S/C15H15N3O/c19-15(13-10-16-8-9-17-13)18-14(12-6-7-12)11-4-2-1-3-5-11/h1-5,8-10,12,14H,6-7H2,(H,18,19). The van der Waals surface area contributed by atoms with Gasteiger partial charge in [0.05, 0.1) is 12.2 Å². The number of carbonyl (C=O) groups excluding carboxylic acids is 1. The SMILES string of the molecule is O=C(NC(c1ccccc1)C1CC1)c1cnccn1. The lowest BCUT2D eigenvalue weighted by Crippen LogP contribution is -2.30. The van der Waals surface area contributed by atoms with Crippen LogP contribution in [0.3, 0.4) is 0 Å². The predicted molar refractivity (Wildman–Crippen MR) is 71.4 cm³/mol. The number of amides is 1. The van der Waals surface area contributed by atoms with Gasteiger partial charge in [0.15, 0.2) is 0 Å². The summed E-state index contributed by atoms with van der Waals surface area (Å²) in [5.41, 5.74) is 1.52. The molecule has 1 aromatic carbocycles. The highest BCUT2D eigenvalue weighted by atomic mass is 16.1. The summed E-state index contributed by atoms with van der Waals surface area (Å²) >= 11 is 0. The monoisotopic (exact) mass is 253 g/mol. The first-order chi connectivity index (χ1) is 9.34. The summed E-state index contributed by atoms with van der Waals surface area (Å²) in [5.74, 6) is 0.386. The zero-order valence-corrected chi connectivity index (χ0v) is 10.5. The number of aromatic nitrogens is 2. The van der Waals surface area contributed by atoms with Crippen molar-refractivity contribution in [1.29, 1.82) is 0 Å². The van der Waals surface area contributed by atoms with E-state index in [4.69, 9.17) is 0 Å². The van der Waals surface area contributed by atoms with Crippen LogP contribution in [-0.2, 0) is 0 Å². The van der Waals surface area contributed by atoms with Crippen LogP contribution in [0.1, 0.15) is 34.9 Å². The molecule has 2 aromatic rings. The maximum absolute atomic E-state index is 12.1. The van der Waals surface area contributed by atoms with Crippen LogP contribution >= 0.6 is 0 Å². The molecule has 0 spiro atoms. The lowest BCUT2D eigenvalue weighted by molar-refractivity contribution is 0.0926. The molecule has 3 rings (SSSR count). The molecule has 4 heteroatoms. The number of hydrogen-bond donors (Lipinski definition) is 1. The van der Waals surface area contributed by atoms with Crippen molar-refractivity contribution in [2.75, 3.05) is 0 Å². The molecular formula is C15H15N3O. The van der Waals surface area contributed by atoms with Gasteiger partial charge in [-0.3, -0.25) is 9.78 Å². The first-order valence-corrected chi connectivity index (χ1v) is 6.46. The summed E-state index contributed by atoms with van der Waals surface area (Å²) in [7, 11) is 0. The van der Waals surface area contributed by atoms with Gasteiger partial charge in [-0.15, -0.1) is 0 Å². The fourth-order valence-corrected chi connectivity index (χ4v) is 2.19. The molecule has 1 amide bonds. The van der Waals surface area contributed by atoms with Crippen molar-refractivity contribution >= 4 is 5.91 Å². The molecular weight excluding hydrogens is 238 g/mol. The zero-order valence-electron chi connectivity index (χ0n) is 10.5. The van der Waals surface area contributed by atoms with Crippen LogP contribution in [0.15, 0.2) is 48.9 Å². The van der Waals surface area contributed by atoms with Gasteiger partial charge in [-0.1, -0.05) is 30.3 Å². The second-order valence-electron chi connectivity index (χ2n) is 4.79. The van der Waals surface area contributed by atoms with E-state index in [9.17, 15) is 4.79 Å². The topological polar surface area (TPSA) is 54.9 Å². The van der Waals surface area contributed by atoms with Gasteiger partial charge in [-0.25, -0.2) is 4.98 Å². The third-order valence-corrected chi connectivity index (χ3v) is 3.33. The fourth-order valence-electron chi connectivity index (χ4n) is 2.19. The van der Waals surface area contributed by atoms with Crippen LogP contribution in [0.2, 0.25) is 0 Å². The van der Waals surface area contributed by atoms with E-state index in [1.54, 1.807) is 6.20 Å². The molecule has 1 aliphatic carbocycles. The third-order valence-electron chi connectivity index (χ3n) is 3.33. The largest absolute Gasteiger partial charge is 0.344 e. The summed E-state index contributed by atoms with van der Waals surface area (Å²) in [6.45, 7) is 0. The van der Waals surface area contributed by atoms with E-state index < -0.39 is 0 Å². The summed E-state index contributed by atoms with van der Waals surface area (Å²) in [4.78, 5) is 20.1. The fraction of sp³-hybridized carbons (Fsp3) is 0.267. The number of nitrogens with one attached hydrogen (secondary N) is 1. The molecule has 1 aromatic heterocycles. The average molecular weight is 253 g/mol. The van der Waals surface area contributed by atoms with Crippen LogP contribution in [0.5, 0.6) is 0 Å². The number of rotatable bonds is 4. The molecule has 1 fully saturated rings. The Morgan fingerprint density at radius 2 is 2.00 bits per heavy atom. The molecule has 19 heavy (non-hydrogen) atoms. The number of carbonyl (C=O) groups is 1. The van der Waals surface area contributed by atoms with Crippen molar-refractivity contribution in [2.45, 2.75) is 18.9 Å². The lowest BCUT2D eigenvalue weighted by Gasteiger charge is -2.18. The van der Waals surface area contributed by atoms with Crippen molar-refractivity contribution in [2.24, 2.45) is 5.92 Å². The highest BCUT2D eigenvalue weighted by Crippen LogP contribution is 2.40. The van der Waals surface area contributed by atoms with Crippen LogP contribution < -0.4 is 5.32 Å². The van der Waals surface area contributed by atoms with Gasteiger partial charge in [-0.2, -0.15) is 0 Å². The molecule has 0 radical (unpaired) electrons. The van der Waals surface area contributed by atoms with Gasteiger partial charge in [0.1, 0.15) is 5.69 Å². The van der Waals surface area contributed by atoms with E-state index in [1.807, 2.05) is 18.2 Å². The van der Waals surface area contributed by atoms with E-state index >= 15 is 0 Å². The van der Waals surface area contributed by atoms with Gasteiger partial charge in [0, 0.05) is 12.4 Å². The van der Waals surface area contributed by atoms with Gasteiger partial charge in [0.2, 0.25) is 0 Å². The Morgan fingerprint density at radius 3 is 2.63 bits per heavy atom. The van der Waals surface area contributed by atoms with Gasteiger partial charge in [-0.05, 0) is 24.3 Å². The zero-order chi connectivity index (χ0) is 13.1. The quantitative estimate of drug-likeness (QED) is 0.910. The van der Waals surface area contributed by atoms with Crippen molar-refractivity contribution in [3.8, 4) is 0 Å². The summed E-state index contributed by atoms with van der Waals surface area (Å²) in [6, 6.07) is 10.2. The van der Waals surface area contributed by atoms with E-state index in [2.05, 4.69) is 27.4 Å².